The van der Waals surface area contributed by atoms with Crippen molar-refractivity contribution >= 4 is 29.1 Å². The van der Waals surface area contributed by atoms with Gasteiger partial charge in [-0.15, -0.1) is 0 Å². The van der Waals surface area contributed by atoms with Crippen molar-refractivity contribution in [2.24, 2.45) is 0 Å². The molecule has 186 valence electrons. The minimum absolute atomic E-state index is 0.0653. The van der Waals surface area contributed by atoms with E-state index in [2.05, 4.69) is 18.7 Å². The summed E-state index contributed by atoms with van der Waals surface area (Å²) in [4.78, 5) is 30.2. The maximum absolute atomic E-state index is 13.2. The van der Waals surface area contributed by atoms with E-state index in [1.807, 2.05) is 24.3 Å². The molecule has 1 amide bonds. The summed E-state index contributed by atoms with van der Waals surface area (Å²) in [5, 5.41) is 11.6. The molecule has 2 heterocycles. The minimum atomic E-state index is -0.700. The molecule has 0 aromatic heterocycles. The molecule has 1 N–H and O–H groups in total. The van der Waals surface area contributed by atoms with Crippen LogP contribution in [0.2, 0.25) is 5.02 Å². The van der Waals surface area contributed by atoms with Crippen molar-refractivity contribution in [3.05, 3.63) is 69.8 Å². The van der Waals surface area contributed by atoms with Crippen molar-refractivity contribution in [2.75, 3.05) is 46.5 Å². The molecule has 7 nitrogen and oxygen atoms in total. The third-order valence-electron chi connectivity index (χ3n) is 6.64. The zero-order chi connectivity index (χ0) is 25.1. The SMILES string of the molecule is COc1ccc(C(O)=C2C(=O)C(=O)N(CCN3CCOCC3)[C@@H]2c2ccc(C(C)C)cc2)cc1Cl. The molecule has 8 heteroatoms. The molecular weight excluding hydrogens is 468 g/mol. The number of rotatable bonds is 7. The summed E-state index contributed by atoms with van der Waals surface area (Å²) >= 11 is 6.27. The number of carbonyl (C=O) groups excluding carboxylic acids is 2. The molecular formula is C27H31ClN2O5. The highest BCUT2D eigenvalue weighted by Gasteiger charge is 2.46. The van der Waals surface area contributed by atoms with Crippen LogP contribution >= 0.6 is 11.6 Å². The number of aliphatic hydroxyl groups is 1. The van der Waals surface area contributed by atoms with Crippen LogP contribution in [-0.2, 0) is 14.3 Å². The number of hydrogen-bond acceptors (Lipinski definition) is 6. The normalized spacial score (nSPS) is 20.6. The first-order valence-corrected chi connectivity index (χ1v) is 12.2. The van der Waals surface area contributed by atoms with Crippen LogP contribution in [0.15, 0.2) is 48.0 Å². The third kappa shape index (κ3) is 5.22. The van der Waals surface area contributed by atoms with Gasteiger partial charge < -0.3 is 19.5 Å². The molecule has 4 rings (SSSR count). The monoisotopic (exact) mass is 498 g/mol. The van der Waals surface area contributed by atoms with Gasteiger partial charge in [-0.05, 0) is 35.2 Å². The highest BCUT2D eigenvalue weighted by Crippen LogP contribution is 2.40. The number of ketones is 1. The Morgan fingerprint density at radius 2 is 1.80 bits per heavy atom. The molecule has 2 saturated heterocycles. The lowest BCUT2D eigenvalue weighted by molar-refractivity contribution is -0.140. The largest absolute Gasteiger partial charge is 0.507 e. The molecule has 2 aromatic carbocycles. The van der Waals surface area contributed by atoms with Gasteiger partial charge in [0.25, 0.3) is 11.7 Å². The van der Waals surface area contributed by atoms with Gasteiger partial charge in [0.2, 0.25) is 0 Å². The molecule has 0 saturated carbocycles. The van der Waals surface area contributed by atoms with Crippen LogP contribution in [0.5, 0.6) is 5.75 Å². The quantitative estimate of drug-likeness (QED) is 0.350. The van der Waals surface area contributed by atoms with Crippen LogP contribution in [0.1, 0.15) is 42.5 Å². The number of hydrogen-bond donors (Lipinski definition) is 1. The van der Waals surface area contributed by atoms with E-state index < -0.39 is 17.7 Å². The van der Waals surface area contributed by atoms with E-state index >= 15 is 0 Å². The second kappa shape index (κ2) is 10.8. The number of benzene rings is 2. The fraction of sp³-hybridized carbons (Fsp3) is 0.407. The van der Waals surface area contributed by atoms with Gasteiger partial charge in [0.15, 0.2) is 0 Å². The van der Waals surface area contributed by atoms with Crippen LogP contribution in [0, 0.1) is 0 Å². The Hall–Kier alpha value is -2.87. The topological polar surface area (TPSA) is 79.3 Å². The molecule has 0 bridgehead atoms. The van der Waals surface area contributed by atoms with Crippen LogP contribution in [0.25, 0.3) is 5.76 Å². The number of halogens is 1. The van der Waals surface area contributed by atoms with E-state index in [4.69, 9.17) is 21.1 Å². The maximum atomic E-state index is 13.2. The van der Waals surface area contributed by atoms with Crippen LogP contribution in [0.3, 0.4) is 0 Å². The first-order valence-electron chi connectivity index (χ1n) is 11.8. The number of aliphatic hydroxyl groups excluding tert-OH is 1. The third-order valence-corrected chi connectivity index (χ3v) is 6.94. The Morgan fingerprint density at radius 1 is 1.11 bits per heavy atom. The van der Waals surface area contributed by atoms with Crippen molar-refractivity contribution in [1.29, 1.82) is 0 Å². The van der Waals surface area contributed by atoms with Gasteiger partial charge in [-0.1, -0.05) is 49.7 Å². The summed E-state index contributed by atoms with van der Waals surface area (Å²) in [5.74, 6) is -0.764. The maximum Gasteiger partial charge on any atom is 0.295 e. The Kier molecular flexibility index (Phi) is 7.79. The molecule has 2 fully saturated rings. The summed E-state index contributed by atoms with van der Waals surface area (Å²) in [6.45, 7) is 8.05. The summed E-state index contributed by atoms with van der Waals surface area (Å²) in [7, 11) is 1.50. The van der Waals surface area contributed by atoms with Gasteiger partial charge in [0.1, 0.15) is 11.5 Å². The predicted molar refractivity (Wildman–Crippen MR) is 135 cm³/mol. The van der Waals surface area contributed by atoms with Crippen molar-refractivity contribution in [2.45, 2.75) is 25.8 Å². The van der Waals surface area contributed by atoms with E-state index in [1.165, 1.54) is 13.2 Å². The van der Waals surface area contributed by atoms with Gasteiger partial charge >= 0.3 is 0 Å². The number of amides is 1. The Bertz CT molecular complexity index is 1120. The first-order chi connectivity index (χ1) is 16.8. The highest BCUT2D eigenvalue weighted by molar-refractivity contribution is 6.46. The Labute approximate surface area is 210 Å². The lowest BCUT2D eigenvalue weighted by atomic mass is 9.93. The van der Waals surface area contributed by atoms with Crippen molar-refractivity contribution in [1.82, 2.24) is 9.80 Å². The average Bonchev–Trinajstić information content (AvgIpc) is 3.12. The molecule has 1 atom stereocenters. The second-order valence-corrected chi connectivity index (χ2v) is 9.52. The number of likely N-dealkylation sites (tertiary alicyclic amines) is 1. The van der Waals surface area contributed by atoms with Gasteiger partial charge in [0.05, 0.1) is 37.0 Å². The van der Waals surface area contributed by atoms with Crippen LogP contribution in [0.4, 0.5) is 0 Å². The molecule has 2 aliphatic heterocycles. The van der Waals surface area contributed by atoms with Gasteiger partial charge in [-0.3, -0.25) is 14.5 Å². The van der Waals surface area contributed by atoms with E-state index in [-0.39, 0.29) is 11.3 Å². The fourth-order valence-corrected chi connectivity index (χ4v) is 4.82. The Balaban J connectivity index is 1.75. The van der Waals surface area contributed by atoms with E-state index in [1.54, 1.807) is 17.0 Å². The standard InChI is InChI=1S/C27H31ClN2O5/c1-17(2)18-4-6-19(7-5-18)24-23(25(31)20-8-9-22(34-3)21(28)16-20)26(32)27(33)30(24)11-10-29-12-14-35-15-13-29/h4-9,16-17,24,31H,10-15H2,1-3H3/t24-/m1/s1. The summed E-state index contributed by atoms with van der Waals surface area (Å²) in [5.41, 5.74) is 2.35. The second-order valence-electron chi connectivity index (χ2n) is 9.12. The summed E-state index contributed by atoms with van der Waals surface area (Å²) < 4.78 is 10.6. The van der Waals surface area contributed by atoms with Crippen molar-refractivity contribution in [3.63, 3.8) is 0 Å². The van der Waals surface area contributed by atoms with Crippen LogP contribution in [-0.4, -0.2) is 73.1 Å². The molecule has 0 spiro atoms. The van der Waals surface area contributed by atoms with Gasteiger partial charge in [-0.2, -0.15) is 0 Å². The predicted octanol–water partition coefficient (Wildman–Crippen LogP) is 4.23. The molecule has 35 heavy (non-hydrogen) atoms. The van der Waals surface area contributed by atoms with E-state index in [9.17, 15) is 14.7 Å². The number of carbonyl (C=O) groups is 2. The van der Waals surface area contributed by atoms with Crippen molar-refractivity contribution in [3.8, 4) is 5.75 Å². The number of ether oxygens (including phenoxy) is 2. The van der Waals surface area contributed by atoms with Crippen LogP contribution < -0.4 is 4.74 Å². The zero-order valence-corrected chi connectivity index (χ0v) is 21.0. The molecule has 2 aliphatic rings. The van der Waals surface area contributed by atoms with E-state index in [0.717, 1.165) is 24.2 Å². The first kappa shape index (κ1) is 25.2. The Morgan fingerprint density at radius 3 is 2.40 bits per heavy atom. The molecule has 0 unspecified atom stereocenters. The number of methoxy groups -OCH3 is 1. The fourth-order valence-electron chi connectivity index (χ4n) is 4.56. The lowest BCUT2D eigenvalue weighted by Gasteiger charge is -2.31. The van der Waals surface area contributed by atoms with Gasteiger partial charge in [-0.25, -0.2) is 0 Å². The van der Waals surface area contributed by atoms with Gasteiger partial charge in [0, 0.05) is 31.7 Å². The number of morpholine rings is 1. The number of Topliss-reactive ketones (excluding diaryl/α,β-unsaturated/α-hetero) is 1. The summed E-state index contributed by atoms with van der Waals surface area (Å²) in [6.07, 6.45) is 0. The number of nitrogens with zero attached hydrogens (tertiary/aromatic N) is 2. The highest BCUT2D eigenvalue weighted by atomic mass is 35.5. The zero-order valence-electron chi connectivity index (χ0n) is 20.3. The smallest absolute Gasteiger partial charge is 0.295 e. The molecule has 0 aliphatic carbocycles. The average molecular weight is 499 g/mol. The van der Waals surface area contributed by atoms with Crippen molar-refractivity contribution < 1.29 is 24.2 Å². The molecule has 2 aromatic rings. The lowest BCUT2D eigenvalue weighted by Crippen LogP contribution is -2.42. The summed E-state index contributed by atoms with van der Waals surface area (Å²) in [6, 6.07) is 12.0. The van der Waals surface area contributed by atoms with E-state index in [0.29, 0.717) is 48.6 Å². The minimum Gasteiger partial charge on any atom is -0.507 e. The molecule has 0 radical (unpaired) electrons.